The predicted octanol–water partition coefficient (Wildman–Crippen LogP) is 5.62. The molecule has 1 heterocycles. The highest BCUT2D eigenvalue weighted by Crippen LogP contribution is 2.54. The van der Waals surface area contributed by atoms with Crippen LogP contribution in [0.5, 0.6) is 0 Å². The fourth-order valence-corrected chi connectivity index (χ4v) is 4.35. The third kappa shape index (κ3) is 4.74. The van der Waals surface area contributed by atoms with Gasteiger partial charge < -0.3 is 14.9 Å². The van der Waals surface area contributed by atoms with Gasteiger partial charge >= 0.3 is 0 Å². The quantitative estimate of drug-likeness (QED) is 0.254. The highest BCUT2D eigenvalue weighted by molar-refractivity contribution is 6.34. The van der Waals surface area contributed by atoms with Gasteiger partial charge in [0.15, 0.2) is 11.6 Å². The minimum absolute atomic E-state index is 0.204. The molecule has 0 bridgehead atoms. The summed E-state index contributed by atoms with van der Waals surface area (Å²) in [6.07, 6.45) is 4.05. The van der Waals surface area contributed by atoms with Crippen LogP contribution in [0.2, 0.25) is 0 Å². The molecule has 0 unspecified atom stereocenters. The summed E-state index contributed by atoms with van der Waals surface area (Å²) in [5.41, 5.74) is 0.263. The smallest absolute Gasteiger partial charge is 0.200 e. The molecule has 0 amide bonds. The standard InChI is InChI=1S/C28H34O5/c1-17(2)12-13-20-24(30)22(23(29)19-10-8-7-9-11-19)25(31)28(15-14-18(3)4)16-21(27(5,6)32)33-26(20)28/h7-12,14,21,29,32H,13,15-16H2,1-6H3/b23-22+/t21-,28+/m0/s1. The Morgan fingerprint density at radius 3 is 2.24 bits per heavy atom. The van der Waals surface area contributed by atoms with E-state index in [1.165, 1.54) is 0 Å². The molecule has 5 nitrogen and oxygen atoms in total. The molecule has 33 heavy (non-hydrogen) atoms. The zero-order chi connectivity index (χ0) is 24.6. The first kappa shape index (κ1) is 24.7. The number of rotatable bonds is 6. The predicted molar refractivity (Wildman–Crippen MR) is 129 cm³/mol. The molecule has 1 aliphatic heterocycles. The molecule has 0 radical (unpaired) electrons. The molecule has 3 rings (SSSR count). The summed E-state index contributed by atoms with van der Waals surface area (Å²) >= 11 is 0. The van der Waals surface area contributed by atoms with E-state index in [2.05, 4.69) is 0 Å². The molecule has 2 atom stereocenters. The number of carbonyl (C=O) groups is 2. The number of carbonyl (C=O) groups excluding carboxylic acids is 2. The summed E-state index contributed by atoms with van der Waals surface area (Å²) in [7, 11) is 0. The zero-order valence-corrected chi connectivity index (χ0v) is 20.4. The number of ketones is 2. The second-order valence-corrected chi connectivity index (χ2v) is 10.1. The van der Waals surface area contributed by atoms with Crippen LogP contribution in [0.3, 0.4) is 0 Å². The van der Waals surface area contributed by atoms with E-state index in [-0.39, 0.29) is 24.2 Å². The number of allylic oxidation sites excluding steroid dienone is 7. The lowest BCUT2D eigenvalue weighted by molar-refractivity contribution is -0.127. The van der Waals surface area contributed by atoms with E-state index >= 15 is 0 Å². The Bertz CT molecular complexity index is 1070. The molecular formula is C28H34O5. The Morgan fingerprint density at radius 2 is 1.70 bits per heavy atom. The van der Waals surface area contributed by atoms with E-state index in [0.717, 1.165) is 11.1 Å². The van der Waals surface area contributed by atoms with Gasteiger partial charge in [-0.05, 0) is 54.4 Å². The third-order valence-electron chi connectivity index (χ3n) is 6.31. The van der Waals surface area contributed by atoms with Crippen molar-refractivity contribution in [1.82, 2.24) is 0 Å². The molecule has 1 aromatic rings. The molecule has 1 aromatic carbocycles. The van der Waals surface area contributed by atoms with E-state index in [0.29, 0.717) is 23.3 Å². The molecule has 5 heteroatoms. The van der Waals surface area contributed by atoms with Crippen molar-refractivity contribution in [1.29, 1.82) is 0 Å². The second-order valence-electron chi connectivity index (χ2n) is 10.1. The molecule has 1 aliphatic carbocycles. The van der Waals surface area contributed by atoms with Crippen LogP contribution in [-0.2, 0) is 14.3 Å². The molecule has 2 N–H and O–H groups in total. The minimum Gasteiger partial charge on any atom is -0.506 e. The maximum absolute atomic E-state index is 14.0. The van der Waals surface area contributed by atoms with Crippen LogP contribution in [-0.4, -0.2) is 33.5 Å². The first-order valence-corrected chi connectivity index (χ1v) is 11.4. The van der Waals surface area contributed by atoms with Crippen LogP contribution in [0.25, 0.3) is 5.76 Å². The number of aliphatic hydroxyl groups excluding tert-OH is 1. The van der Waals surface area contributed by atoms with Crippen LogP contribution < -0.4 is 0 Å². The van der Waals surface area contributed by atoms with Crippen molar-refractivity contribution in [2.75, 3.05) is 0 Å². The first-order chi connectivity index (χ1) is 15.4. The van der Waals surface area contributed by atoms with Crippen LogP contribution in [0.15, 0.2) is 70.5 Å². The summed E-state index contributed by atoms with van der Waals surface area (Å²) in [6, 6.07) is 8.64. The Hall–Kier alpha value is -2.92. The molecule has 0 spiro atoms. The number of ether oxygens (including phenoxy) is 1. The van der Waals surface area contributed by atoms with Gasteiger partial charge in [0.1, 0.15) is 23.2 Å². The van der Waals surface area contributed by atoms with Crippen LogP contribution >= 0.6 is 0 Å². The third-order valence-corrected chi connectivity index (χ3v) is 6.31. The number of hydrogen-bond donors (Lipinski definition) is 2. The van der Waals surface area contributed by atoms with Gasteiger partial charge in [0.25, 0.3) is 0 Å². The molecule has 0 saturated carbocycles. The molecule has 2 aliphatic rings. The monoisotopic (exact) mass is 450 g/mol. The Labute approximate surface area is 196 Å². The van der Waals surface area contributed by atoms with Crippen molar-refractivity contribution in [3.63, 3.8) is 0 Å². The zero-order valence-electron chi connectivity index (χ0n) is 20.4. The topological polar surface area (TPSA) is 83.8 Å². The Balaban J connectivity index is 2.32. The largest absolute Gasteiger partial charge is 0.506 e. The first-order valence-electron chi connectivity index (χ1n) is 11.4. The van der Waals surface area contributed by atoms with Gasteiger partial charge in [-0.1, -0.05) is 53.6 Å². The van der Waals surface area contributed by atoms with Gasteiger partial charge in [-0.3, -0.25) is 9.59 Å². The Morgan fingerprint density at radius 1 is 1.09 bits per heavy atom. The van der Waals surface area contributed by atoms with E-state index in [9.17, 15) is 19.8 Å². The average molecular weight is 451 g/mol. The van der Waals surface area contributed by atoms with E-state index in [1.54, 1.807) is 44.2 Å². The summed E-state index contributed by atoms with van der Waals surface area (Å²) < 4.78 is 6.21. The summed E-state index contributed by atoms with van der Waals surface area (Å²) in [6.45, 7) is 11.1. The van der Waals surface area contributed by atoms with E-state index in [4.69, 9.17) is 4.74 Å². The van der Waals surface area contributed by atoms with Crippen molar-refractivity contribution in [2.24, 2.45) is 5.41 Å². The van der Waals surface area contributed by atoms with Crippen LogP contribution in [0, 0.1) is 5.41 Å². The van der Waals surface area contributed by atoms with E-state index < -0.39 is 28.7 Å². The lowest BCUT2D eigenvalue weighted by atomic mass is 9.65. The fraction of sp³-hybridized carbons (Fsp3) is 0.429. The van der Waals surface area contributed by atoms with Gasteiger partial charge in [-0.2, -0.15) is 0 Å². The maximum Gasteiger partial charge on any atom is 0.200 e. The summed E-state index contributed by atoms with van der Waals surface area (Å²) in [5, 5.41) is 21.8. The number of fused-ring (bicyclic) bond motifs is 1. The molecular weight excluding hydrogens is 416 g/mol. The second kappa shape index (κ2) is 9.14. The van der Waals surface area contributed by atoms with Crippen molar-refractivity contribution < 1.29 is 24.5 Å². The molecule has 1 fully saturated rings. The lowest BCUT2D eigenvalue weighted by Gasteiger charge is -2.33. The lowest BCUT2D eigenvalue weighted by Crippen LogP contribution is -2.41. The maximum atomic E-state index is 14.0. The van der Waals surface area contributed by atoms with Gasteiger partial charge in [0.2, 0.25) is 0 Å². The number of Topliss-reactive ketones (excluding diaryl/α,β-unsaturated/α-hetero) is 2. The number of benzene rings is 1. The number of aliphatic hydroxyl groups is 2. The average Bonchev–Trinajstić information content (AvgIpc) is 3.14. The van der Waals surface area contributed by atoms with Gasteiger partial charge in [0.05, 0.1) is 11.0 Å². The fourth-order valence-electron chi connectivity index (χ4n) is 4.35. The minimum atomic E-state index is -1.21. The van der Waals surface area contributed by atoms with Gasteiger partial charge in [0, 0.05) is 17.6 Å². The highest BCUT2D eigenvalue weighted by Gasteiger charge is 2.59. The number of hydrogen-bond acceptors (Lipinski definition) is 5. The van der Waals surface area contributed by atoms with E-state index in [1.807, 2.05) is 39.8 Å². The van der Waals surface area contributed by atoms with Gasteiger partial charge in [-0.25, -0.2) is 0 Å². The van der Waals surface area contributed by atoms with Crippen molar-refractivity contribution in [2.45, 2.75) is 72.5 Å². The SMILES string of the molecule is CC(C)=CCC1=C2O[C@H](C(C)(C)O)C[C@]2(CC=C(C)C)C(=O)/C(=C(/O)c2ccccc2)C1=O. The molecule has 1 saturated heterocycles. The van der Waals surface area contributed by atoms with Crippen molar-refractivity contribution >= 4 is 17.3 Å². The van der Waals surface area contributed by atoms with Crippen LogP contribution in [0.1, 0.15) is 66.4 Å². The highest BCUT2D eigenvalue weighted by atomic mass is 16.5. The molecule has 0 aromatic heterocycles. The normalized spacial score (nSPS) is 24.3. The van der Waals surface area contributed by atoms with Crippen LogP contribution in [0.4, 0.5) is 0 Å². The summed E-state index contributed by atoms with van der Waals surface area (Å²) in [4.78, 5) is 27.7. The van der Waals surface area contributed by atoms with Crippen molar-refractivity contribution in [3.05, 3.63) is 76.1 Å². The van der Waals surface area contributed by atoms with Crippen molar-refractivity contribution in [3.8, 4) is 0 Å². The molecule has 176 valence electrons. The van der Waals surface area contributed by atoms with Gasteiger partial charge in [-0.15, -0.1) is 0 Å². The summed E-state index contributed by atoms with van der Waals surface area (Å²) in [5.74, 6) is -0.945. The Kier molecular flexibility index (Phi) is 6.85.